The monoisotopic (exact) mass is 509 g/mol. The molecule has 37 heavy (non-hydrogen) atoms. The molecule has 7 nitrogen and oxygen atoms in total. The SMILES string of the molecule is Cc1c(OCCCN2CCC(O)C2)cccc1-c1cccc(OCCCN2CCCC(C(N)=O)C2)c1C. The molecule has 0 aliphatic carbocycles. The number of primary amides is 1. The quantitative estimate of drug-likeness (QED) is 0.424. The van der Waals surface area contributed by atoms with Crippen LogP contribution in [0.5, 0.6) is 11.5 Å². The fourth-order valence-electron chi connectivity index (χ4n) is 5.57. The normalized spacial score (nSPS) is 20.7. The van der Waals surface area contributed by atoms with Gasteiger partial charge in [0, 0.05) is 32.7 Å². The van der Waals surface area contributed by atoms with E-state index in [4.69, 9.17) is 15.2 Å². The Labute approximate surface area is 221 Å². The molecule has 2 fully saturated rings. The molecule has 2 aromatic carbocycles. The average molecular weight is 510 g/mol. The van der Waals surface area contributed by atoms with Gasteiger partial charge in [-0.05, 0) is 86.9 Å². The molecule has 0 spiro atoms. The number of carbonyl (C=O) groups excluding carboxylic acids is 1. The average Bonchev–Trinajstić information content (AvgIpc) is 3.31. The highest BCUT2D eigenvalue weighted by Crippen LogP contribution is 2.35. The molecule has 1 amide bonds. The van der Waals surface area contributed by atoms with Gasteiger partial charge in [0.1, 0.15) is 11.5 Å². The van der Waals surface area contributed by atoms with Gasteiger partial charge in [0.2, 0.25) is 5.91 Å². The molecule has 2 heterocycles. The number of carbonyl (C=O) groups is 1. The third-order valence-electron chi connectivity index (χ3n) is 7.77. The van der Waals surface area contributed by atoms with Gasteiger partial charge < -0.3 is 30.1 Å². The van der Waals surface area contributed by atoms with Gasteiger partial charge in [0.15, 0.2) is 0 Å². The van der Waals surface area contributed by atoms with Crippen molar-refractivity contribution in [1.82, 2.24) is 9.80 Å². The first-order valence-corrected chi connectivity index (χ1v) is 13.8. The number of likely N-dealkylation sites (tertiary alicyclic amines) is 2. The van der Waals surface area contributed by atoms with Crippen LogP contribution in [0.1, 0.15) is 43.2 Å². The maximum Gasteiger partial charge on any atom is 0.221 e. The lowest BCUT2D eigenvalue weighted by molar-refractivity contribution is -0.123. The Bertz CT molecular complexity index is 1040. The molecule has 2 aliphatic heterocycles. The van der Waals surface area contributed by atoms with Gasteiger partial charge in [-0.2, -0.15) is 0 Å². The number of piperidine rings is 1. The lowest BCUT2D eigenvalue weighted by Gasteiger charge is -2.31. The number of nitrogens with two attached hydrogens (primary N) is 1. The lowest BCUT2D eigenvalue weighted by Crippen LogP contribution is -2.41. The van der Waals surface area contributed by atoms with Crippen molar-refractivity contribution in [2.75, 3.05) is 52.5 Å². The lowest BCUT2D eigenvalue weighted by atomic mass is 9.95. The molecule has 7 heteroatoms. The Morgan fingerprint density at radius 3 is 1.97 bits per heavy atom. The van der Waals surface area contributed by atoms with Crippen molar-refractivity contribution in [1.29, 1.82) is 0 Å². The van der Waals surface area contributed by atoms with Crippen LogP contribution in [0.3, 0.4) is 0 Å². The smallest absolute Gasteiger partial charge is 0.221 e. The molecule has 0 saturated carbocycles. The first kappa shape index (κ1) is 27.4. The van der Waals surface area contributed by atoms with Gasteiger partial charge in [-0.25, -0.2) is 0 Å². The minimum absolute atomic E-state index is 0.0179. The number of nitrogens with zero attached hydrogens (tertiary/aromatic N) is 2. The molecule has 0 bridgehead atoms. The zero-order chi connectivity index (χ0) is 26.2. The molecule has 3 N–H and O–H groups in total. The Morgan fingerprint density at radius 2 is 1.46 bits per heavy atom. The fourth-order valence-corrected chi connectivity index (χ4v) is 5.57. The van der Waals surface area contributed by atoms with Crippen LogP contribution in [0.25, 0.3) is 11.1 Å². The number of hydrogen-bond donors (Lipinski definition) is 2. The number of hydrogen-bond acceptors (Lipinski definition) is 6. The number of ether oxygens (including phenoxy) is 2. The third-order valence-corrected chi connectivity index (χ3v) is 7.77. The summed E-state index contributed by atoms with van der Waals surface area (Å²) >= 11 is 0. The van der Waals surface area contributed by atoms with Crippen LogP contribution in [0, 0.1) is 19.8 Å². The van der Waals surface area contributed by atoms with Crippen LogP contribution in [-0.2, 0) is 4.79 Å². The minimum Gasteiger partial charge on any atom is -0.493 e. The summed E-state index contributed by atoms with van der Waals surface area (Å²) in [6, 6.07) is 12.5. The van der Waals surface area contributed by atoms with E-state index in [1.165, 1.54) is 0 Å². The van der Waals surface area contributed by atoms with Gasteiger partial charge in [0.05, 0.1) is 25.2 Å². The molecule has 2 aliphatic rings. The summed E-state index contributed by atoms with van der Waals surface area (Å²) in [4.78, 5) is 16.2. The molecule has 0 radical (unpaired) electrons. The zero-order valence-corrected chi connectivity index (χ0v) is 22.5. The minimum atomic E-state index is -0.180. The van der Waals surface area contributed by atoms with E-state index < -0.39 is 0 Å². The highest BCUT2D eigenvalue weighted by molar-refractivity contribution is 5.77. The highest BCUT2D eigenvalue weighted by atomic mass is 16.5. The summed E-state index contributed by atoms with van der Waals surface area (Å²) in [5, 5.41) is 9.69. The van der Waals surface area contributed by atoms with E-state index in [0.717, 1.165) is 105 Å². The second-order valence-electron chi connectivity index (χ2n) is 10.5. The molecular formula is C30H43N3O4. The molecule has 0 aromatic heterocycles. The highest BCUT2D eigenvalue weighted by Gasteiger charge is 2.23. The summed E-state index contributed by atoms with van der Waals surface area (Å²) in [6.45, 7) is 10.9. The van der Waals surface area contributed by atoms with E-state index in [0.29, 0.717) is 13.2 Å². The first-order valence-electron chi connectivity index (χ1n) is 13.8. The molecule has 4 rings (SSSR count). The number of rotatable bonds is 12. The largest absolute Gasteiger partial charge is 0.493 e. The van der Waals surface area contributed by atoms with Crippen molar-refractivity contribution in [2.45, 2.75) is 52.1 Å². The van der Waals surface area contributed by atoms with Crippen molar-refractivity contribution >= 4 is 5.91 Å². The van der Waals surface area contributed by atoms with Crippen molar-refractivity contribution in [3.63, 3.8) is 0 Å². The molecule has 2 atom stereocenters. The summed E-state index contributed by atoms with van der Waals surface area (Å²) in [6.07, 6.45) is 4.49. The van der Waals surface area contributed by atoms with Gasteiger partial charge in [-0.15, -0.1) is 0 Å². The first-order chi connectivity index (χ1) is 17.9. The van der Waals surface area contributed by atoms with Gasteiger partial charge in [-0.3, -0.25) is 4.79 Å². The fraction of sp³-hybridized carbons (Fsp3) is 0.567. The van der Waals surface area contributed by atoms with Crippen molar-refractivity contribution in [3.8, 4) is 22.6 Å². The van der Waals surface area contributed by atoms with E-state index >= 15 is 0 Å². The van der Waals surface area contributed by atoms with E-state index in [2.05, 4.69) is 47.9 Å². The number of amides is 1. The molecule has 202 valence electrons. The Kier molecular flexibility index (Phi) is 9.83. The predicted octanol–water partition coefficient (Wildman–Crippen LogP) is 3.77. The van der Waals surface area contributed by atoms with Crippen LogP contribution in [0.2, 0.25) is 0 Å². The topological polar surface area (TPSA) is 88.3 Å². The number of aliphatic hydroxyl groups excluding tert-OH is 1. The predicted molar refractivity (Wildman–Crippen MR) is 147 cm³/mol. The number of benzene rings is 2. The van der Waals surface area contributed by atoms with E-state index in [9.17, 15) is 9.90 Å². The molecule has 2 aromatic rings. The number of aliphatic hydroxyl groups is 1. The van der Waals surface area contributed by atoms with E-state index in [1.54, 1.807) is 0 Å². The summed E-state index contributed by atoms with van der Waals surface area (Å²) in [5.41, 5.74) is 10.1. The van der Waals surface area contributed by atoms with Crippen LogP contribution in [0.15, 0.2) is 36.4 Å². The van der Waals surface area contributed by atoms with Crippen molar-refractivity contribution in [2.24, 2.45) is 11.7 Å². The Balaban J connectivity index is 1.30. The van der Waals surface area contributed by atoms with Crippen LogP contribution >= 0.6 is 0 Å². The van der Waals surface area contributed by atoms with Crippen LogP contribution in [-0.4, -0.2) is 79.4 Å². The molecule has 2 saturated heterocycles. The van der Waals surface area contributed by atoms with Crippen molar-refractivity contribution < 1.29 is 19.4 Å². The van der Waals surface area contributed by atoms with Crippen LogP contribution in [0.4, 0.5) is 0 Å². The third kappa shape index (κ3) is 7.46. The second kappa shape index (κ2) is 13.3. The Hall–Kier alpha value is -2.61. The maximum absolute atomic E-state index is 11.5. The molecule has 2 unspecified atom stereocenters. The van der Waals surface area contributed by atoms with Gasteiger partial charge in [-0.1, -0.05) is 24.3 Å². The van der Waals surface area contributed by atoms with E-state index in [1.807, 2.05) is 12.1 Å². The Morgan fingerprint density at radius 1 is 0.892 bits per heavy atom. The number of β-amino-alcohol motifs (C(OH)–C–C–N with tert-alkyl or cyclic N) is 1. The van der Waals surface area contributed by atoms with Gasteiger partial charge in [0.25, 0.3) is 0 Å². The summed E-state index contributed by atoms with van der Waals surface area (Å²) in [7, 11) is 0. The summed E-state index contributed by atoms with van der Waals surface area (Å²) < 4.78 is 12.4. The zero-order valence-electron chi connectivity index (χ0n) is 22.5. The van der Waals surface area contributed by atoms with Crippen molar-refractivity contribution in [3.05, 3.63) is 47.5 Å². The molecular weight excluding hydrogens is 466 g/mol. The second-order valence-corrected chi connectivity index (χ2v) is 10.5. The van der Waals surface area contributed by atoms with E-state index in [-0.39, 0.29) is 17.9 Å². The van der Waals surface area contributed by atoms with Gasteiger partial charge >= 0.3 is 0 Å². The standard InChI is InChI=1S/C30H43N3O4/c1-22-26(9-3-11-28(22)36-18-6-15-32-14-5-8-24(20-32)30(31)35)27-10-4-12-29(23(27)2)37-19-7-16-33-17-13-25(34)21-33/h3-4,9-12,24-25,34H,5-8,13-21H2,1-2H3,(H2,31,35). The van der Waals surface area contributed by atoms with Crippen LogP contribution < -0.4 is 15.2 Å². The maximum atomic E-state index is 11.5. The summed E-state index contributed by atoms with van der Waals surface area (Å²) in [5.74, 6) is 1.63.